The Bertz CT molecular complexity index is 912. The Hall–Kier alpha value is -2.25. The minimum atomic E-state index is -0.343. The van der Waals surface area contributed by atoms with Crippen LogP contribution in [0.4, 0.5) is 0 Å². The van der Waals surface area contributed by atoms with E-state index in [0.29, 0.717) is 23.1 Å². The van der Waals surface area contributed by atoms with Gasteiger partial charge >= 0.3 is 5.97 Å². The van der Waals surface area contributed by atoms with Gasteiger partial charge in [-0.2, -0.15) is 0 Å². The first kappa shape index (κ1) is 21.0. The molecule has 7 heteroatoms. The smallest absolute Gasteiger partial charge is 0.338 e. The van der Waals surface area contributed by atoms with E-state index in [2.05, 4.69) is 9.88 Å². The summed E-state index contributed by atoms with van der Waals surface area (Å²) in [7, 11) is 0. The number of carbonyl (C=O) groups excluding carboxylic acids is 2. The highest BCUT2D eigenvalue weighted by Gasteiger charge is 2.29. The lowest BCUT2D eigenvalue weighted by molar-refractivity contribution is 0.0525. The molecule has 1 aliphatic carbocycles. The van der Waals surface area contributed by atoms with Gasteiger partial charge in [0.1, 0.15) is 9.88 Å². The third kappa shape index (κ3) is 4.42. The predicted molar refractivity (Wildman–Crippen MR) is 118 cm³/mol. The molecule has 1 amide bonds. The third-order valence-corrected chi connectivity index (χ3v) is 7.25. The number of nitrogens with zero attached hydrogens (tertiary/aromatic N) is 3. The number of hydrogen-bond acceptors (Lipinski definition) is 6. The van der Waals surface area contributed by atoms with Gasteiger partial charge in [-0.1, -0.05) is 25.0 Å². The molecule has 1 aliphatic heterocycles. The maximum absolute atomic E-state index is 13.2. The number of piperazine rings is 1. The fraction of sp³-hybridized carbons (Fsp3) is 0.522. The first-order chi connectivity index (χ1) is 14.6. The standard InChI is InChI=1S/C23H29N3O3S/c1-3-29-23(28)18-8-6-7-17(15-18)21-24-16(2)20(30-21)22(27)26-13-11-25(12-14-26)19-9-4-5-10-19/h6-8,15,19H,3-5,9-14H2,1-2H3. The van der Waals surface area contributed by atoms with Crippen LogP contribution in [0.1, 0.15) is 58.3 Å². The summed E-state index contributed by atoms with van der Waals surface area (Å²) >= 11 is 1.41. The summed E-state index contributed by atoms with van der Waals surface area (Å²) in [6, 6.07) is 7.96. The number of amides is 1. The van der Waals surface area contributed by atoms with Crippen LogP contribution in [0.3, 0.4) is 0 Å². The molecule has 2 aliphatic rings. The van der Waals surface area contributed by atoms with Crippen molar-refractivity contribution >= 4 is 23.2 Å². The van der Waals surface area contributed by atoms with Crippen LogP contribution in [0.2, 0.25) is 0 Å². The molecule has 160 valence electrons. The first-order valence-electron chi connectivity index (χ1n) is 10.8. The van der Waals surface area contributed by atoms with Gasteiger partial charge in [-0.15, -0.1) is 11.3 Å². The lowest BCUT2D eigenvalue weighted by Gasteiger charge is -2.37. The molecule has 1 saturated heterocycles. The molecular weight excluding hydrogens is 398 g/mol. The average Bonchev–Trinajstić information content (AvgIpc) is 3.44. The SMILES string of the molecule is CCOC(=O)c1cccc(-c2nc(C)c(C(=O)N3CCN(C4CCCC4)CC3)s2)c1. The van der Waals surface area contributed by atoms with E-state index >= 15 is 0 Å². The van der Waals surface area contributed by atoms with Crippen molar-refractivity contribution in [2.45, 2.75) is 45.6 Å². The van der Waals surface area contributed by atoms with E-state index in [1.54, 1.807) is 19.1 Å². The molecule has 0 spiro atoms. The Labute approximate surface area is 181 Å². The second kappa shape index (κ2) is 9.27. The Morgan fingerprint density at radius 2 is 1.90 bits per heavy atom. The van der Waals surface area contributed by atoms with Crippen LogP contribution < -0.4 is 0 Å². The van der Waals surface area contributed by atoms with Gasteiger partial charge in [-0.3, -0.25) is 9.69 Å². The van der Waals surface area contributed by atoms with Gasteiger partial charge in [0.15, 0.2) is 0 Å². The zero-order chi connectivity index (χ0) is 21.1. The summed E-state index contributed by atoms with van der Waals surface area (Å²) < 4.78 is 5.09. The number of esters is 1. The molecule has 2 heterocycles. The second-order valence-corrected chi connectivity index (χ2v) is 9.00. The maximum Gasteiger partial charge on any atom is 0.338 e. The summed E-state index contributed by atoms with van der Waals surface area (Å²) in [6.45, 7) is 7.49. The van der Waals surface area contributed by atoms with Gasteiger partial charge in [0.25, 0.3) is 5.91 Å². The summed E-state index contributed by atoms with van der Waals surface area (Å²) in [5, 5.41) is 0.756. The van der Waals surface area contributed by atoms with Gasteiger partial charge in [-0.25, -0.2) is 9.78 Å². The second-order valence-electron chi connectivity index (χ2n) is 8.00. The van der Waals surface area contributed by atoms with Crippen molar-refractivity contribution in [2.24, 2.45) is 0 Å². The first-order valence-corrected chi connectivity index (χ1v) is 11.7. The summed E-state index contributed by atoms with van der Waals surface area (Å²) in [5.41, 5.74) is 2.08. The van der Waals surface area contributed by atoms with E-state index in [0.717, 1.165) is 42.4 Å². The minimum Gasteiger partial charge on any atom is -0.462 e. The van der Waals surface area contributed by atoms with Crippen molar-refractivity contribution in [1.29, 1.82) is 0 Å². The van der Waals surface area contributed by atoms with E-state index in [1.807, 2.05) is 24.0 Å². The highest BCUT2D eigenvalue weighted by molar-refractivity contribution is 7.17. The fourth-order valence-electron chi connectivity index (χ4n) is 4.42. The van der Waals surface area contributed by atoms with Crippen molar-refractivity contribution in [2.75, 3.05) is 32.8 Å². The predicted octanol–water partition coefficient (Wildman–Crippen LogP) is 4.00. The number of aryl methyl sites for hydroxylation is 1. The number of ether oxygens (including phenoxy) is 1. The zero-order valence-electron chi connectivity index (χ0n) is 17.7. The molecule has 1 aromatic heterocycles. The van der Waals surface area contributed by atoms with Crippen molar-refractivity contribution in [1.82, 2.24) is 14.8 Å². The van der Waals surface area contributed by atoms with Crippen LogP contribution in [0, 0.1) is 6.92 Å². The number of hydrogen-bond donors (Lipinski definition) is 0. The van der Waals surface area contributed by atoms with E-state index in [9.17, 15) is 9.59 Å². The molecule has 4 rings (SSSR count). The molecule has 1 saturated carbocycles. The minimum absolute atomic E-state index is 0.0730. The Balaban J connectivity index is 1.46. The van der Waals surface area contributed by atoms with E-state index in [1.165, 1.54) is 37.0 Å². The Morgan fingerprint density at radius 1 is 1.17 bits per heavy atom. The maximum atomic E-state index is 13.2. The number of carbonyl (C=O) groups is 2. The van der Waals surface area contributed by atoms with Crippen LogP contribution in [0.5, 0.6) is 0 Å². The molecule has 0 unspecified atom stereocenters. The summed E-state index contributed by atoms with van der Waals surface area (Å²) in [6.07, 6.45) is 5.28. The largest absolute Gasteiger partial charge is 0.462 e. The molecule has 2 fully saturated rings. The molecule has 1 aromatic carbocycles. The van der Waals surface area contributed by atoms with E-state index < -0.39 is 0 Å². The average molecular weight is 428 g/mol. The number of benzene rings is 1. The number of thiazole rings is 1. The molecular formula is C23H29N3O3S. The summed E-state index contributed by atoms with van der Waals surface area (Å²) in [5.74, 6) is -0.270. The Morgan fingerprint density at radius 3 is 2.60 bits per heavy atom. The fourth-order valence-corrected chi connectivity index (χ4v) is 5.45. The van der Waals surface area contributed by atoms with Gasteiger partial charge < -0.3 is 9.64 Å². The molecule has 0 atom stereocenters. The number of rotatable bonds is 5. The van der Waals surface area contributed by atoms with Gasteiger partial charge in [0, 0.05) is 37.8 Å². The van der Waals surface area contributed by atoms with Crippen LogP contribution in [0.15, 0.2) is 24.3 Å². The lowest BCUT2D eigenvalue weighted by Crippen LogP contribution is -2.51. The highest BCUT2D eigenvalue weighted by Crippen LogP contribution is 2.30. The van der Waals surface area contributed by atoms with Gasteiger partial charge in [0.05, 0.1) is 17.9 Å². The van der Waals surface area contributed by atoms with Gasteiger partial charge in [0.2, 0.25) is 0 Å². The molecule has 2 aromatic rings. The van der Waals surface area contributed by atoms with Crippen LogP contribution in [-0.2, 0) is 4.74 Å². The molecule has 6 nitrogen and oxygen atoms in total. The zero-order valence-corrected chi connectivity index (χ0v) is 18.5. The quantitative estimate of drug-likeness (QED) is 0.675. The van der Waals surface area contributed by atoms with E-state index in [4.69, 9.17) is 4.74 Å². The van der Waals surface area contributed by atoms with Crippen molar-refractivity contribution in [3.05, 3.63) is 40.4 Å². The van der Waals surface area contributed by atoms with Crippen molar-refractivity contribution in [3.63, 3.8) is 0 Å². The van der Waals surface area contributed by atoms with Crippen LogP contribution in [0.25, 0.3) is 10.6 Å². The summed E-state index contributed by atoms with van der Waals surface area (Å²) in [4.78, 5) is 35.0. The number of aromatic nitrogens is 1. The Kier molecular flexibility index (Phi) is 6.49. The highest BCUT2D eigenvalue weighted by atomic mass is 32.1. The molecule has 0 radical (unpaired) electrons. The third-order valence-electron chi connectivity index (χ3n) is 6.05. The van der Waals surface area contributed by atoms with Crippen molar-refractivity contribution in [3.8, 4) is 10.6 Å². The molecule has 0 bridgehead atoms. The van der Waals surface area contributed by atoms with Crippen molar-refractivity contribution < 1.29 is 14.3 Å². The monoisotopic (exact) mass is 427 g/mol. The van der Waals surface area contributed by atoms with E-state index in [-0.39, 0.29) is 11.9 Å². The van der Waals surface area contributed by atoms with Crippen LogP contribution in [-0.4, -0.2) is 65.5 Å². The topological polar surface area (TPSA) is 62.7 Å². The lowest BCUT2D eigenvalue weighted by atomic mass is 10.1. The molecule has 0 N–H and O–H groups in total. The van der Waals surface area contributed by atoms with Gasteiger partial charge in [-0.05, 0) is 38.8 Å². The normalized spacial score (nSPS) is 18.0. The van der Waals surface area contributed by atoms with Crippen LogP contribution >= 0.6 is 11.3 Å². The molecule has 30 heavy (non-hydrogen) atoms.